The lowest BCUT2D eigenvalue weighted by molar-refractivity contribution is 0.146. The van der Waals surface area contributed by atoms with Crippen molar-refractivity contribution in [2.24, 2.45) is 5.73 Å². The molecule has 0 amide bonds. The molecule has 0 spiro atoms. The number of nitrogens with one attached hydrogen (secondary N) is 1. The summed E-state index contributed by atoms with van der Waals surface area (Å²) in [5, 5.41) is 0. The molecule has 1 aromatic carbocycles. The summed E-state index contributed by atoms with van der Waals surface area (Å²) in [6, 6.07) is 5.90. The summed E-state index contributed by atoms with van der Waals surface area (Å²) in [6.07, 6.45) is 0. The topological polar surface area (TPSA) is 90.6 Å². The van der Waals surface area contributed by atoms with Gasteiger partial charge in [0.15, 0.2) is 0 Å². The van der Waals surface area contributed by atoms with Crippen molar-refractivity contribution in [1.82, 2.24) is 4.72 Å². The van der Waals surface area contributed by atoms with Gasteiger partial charge in [-0.15, -0.1) is 12.4 Å². The van der Waals surface area contributed by atoms with Crippen molar-refractivity contribution in [2.75, 3.05) is 26.9 Å². The number of halogens is 1. The summed E-state index contributed by atoms with van der Waals surface area (Å²) >= 11 is 0. The van der Waals surface area contributed by atoms with Gasteiger partial charge in [0.05, 0.1) is 11.5 Å². The van der Waals surface area contributed by atoms with Crippen LogP contribution in [-0.4, -0.2) is 41.3 Å². The van der Waals surface area contributed by atoms with Gasteiger partial charge in [-0.25, -0.2) is 13.1 Å². The van der Waals surface area contributed by atoms with Crippen LogP contribution in [0, 0.1) is 0 Å². The molecule has 0 unspecified atom stereocenters. The van der Waals surface area contributed by atoms with Gasteiger partial charge in [0, 0.05) is 19.7 Å². The molecule has 20 heavy (non-hydrogen) atoms. The third kappa shape index (κ3) is 6.06. The first kappa shape index (κ1) is 19.1. The second-order valence-corrected chi connectivity index (χ2v) is 5.78. The second-order valence-electron chi connectivity index (χ2n) is 4.07. The molecule has 3 N–H and O–H groups in total. The first-order chi connectivity index (χ1) is 8.99. The first-order valence-electron chi connectivity index (χ1n) is 5.94. The minimum atomic E-state index is -3.52. The average molecular weight is 325 g/mol. The Morgan fingerprint density at radius 1 is 1.25 bits per heavy atom. The molecule has 0 aliphatic carbocycles. The number of methoxy groups -OCH3 is 1. The Bertz CT molecular complexity index is 479. The van der Waals surface area contributed by atoms with Gasteiger partial charge < -0.3 is 15.2 Å². The molecule has 8 heteroatoms. The maximum absolute atomic E-state index is 11.9. The number of hydrogen-bond acceptors (Lipinski definition) is 5. The zero-order valence-corrected chi connectivity index (χ0v) is 13.2. The van der Waals surface area contributed by atoms with Crippen molar-refractivity contribution in [3.05, 3.63) is 24.3 Å². The number of ether oxygens (including phenoxy) is 2. The fourth-order valence-electron chi connectivity index (χ4n) is 1.34. The predicted molar refractivity (Wildman–Crippen MR) is 79.9 cm³/mol. The Morgan fingerprint density at radius 3 is 2.35 bits per heavy atom. The van der Waals surface area contributed by atoms with Crippen molar-refractivity contribution in [3.8, 4) is 5.75 Å². The van der Waals surface area contributed by atoms with Gasteiger partial charge in [0.1, 0.15) is 12.4 Å². The molecule has 6 nitrogen and oxygen atoms in total. The van der Waals surface area contributed by atoms with Crippen LogP contribution in [-0.2, 0) is 14.8 Å². The third-order valence-corrected chi connectivity index (χ3v) is 4.01. The lowest BCUT2D eigenvalue weighted by Crippen LogP contribution is -2.37. The van der Waals surface area contributed by atoms with E-state index in [1.165, 1.54) is 12.1 Å². The number of nitrogens with two attached hydrogens (primary N) is 1. The largest absolute Gasteiger partial charge is 0.491 e. The summed E-state index contributed by atoms with van der Waals surface area (Å²) in [5.74, 6) is 0.600. The molecule has 0 saturated carbocycles. The molecule has 0 bridgehead atoms. The monoisotopic (exact) mass is 324 g/mol. The van der Waals surface area contributed by atoms with E-state index in [0.717, 1.165) is 0 Å². The van der Waals surface area contributed by atoms with E-state index in [9.17, 15) is 8.42 Å². The molecule has 0 saturated heterocycles. The van der Waals surface area contributed by atoms with Crippen molar-refractivity contribution in [2.45, 2.75) is 17.9 Å². The van der Waals surface area contributed by atoms with Gasteiger partial charge in [0.2, 0.25) is 10.0 Å². The smallest absolute Gasteiger partial charge is 0.240 e. The normalized spacial score (nSPS) is 12.6. The van der Waals surface area contributed by atoms with Gasteiger partial charge in [-0.1, -0.05) is 0 Å². The van der Waals surface area contributed by atoms with Crippen LogP contribution in [0.2, 0.25) is 0 Å². The van der Waals surface area contributed by atoms with E-state index in [-0.39, 0.29) is 29.9 Å². The van der Waals surface area contributed by atoms with E-state index in [1.807, 2.05) is 0 Å². The van der Waals surface area contributed by atoms with Crippen LogP contribution < -0.4 is 15.2 Å². The maximum atomic E-state index is 11.9. The fraction of sp³-hybridized carbons (Fsp3) is 0.500. The van der Waals surface area contributed by atoms with Crippen molar-refractivity contribution in [3.63, 3.8) is 0 Å². The highest BCUT2D eigenvalue weighted by Gasteiger charge is 2.16. The highest BCUT2D eigenvalue weighted by Crippen LogP contribution is 2.16. The third-order valence-electron chi connectivity index (χ3n) is 2.40. The van der Waals surface area contributed by atoms with Crippen LogP contribution in [0.1, 0.15) is 6.92 Å². The Morgan fingerprint density at radius 2 is 1.85 bits per heavy atom. The Labute approximate surface area is 126 Å². The van der Waals surface area contributed by atoms with Gasteiger partial charge >= 0.3 is 0 Å². The van der Waals surface area contributed by atoms with Gasteiger partial charge in [-0.3, -0.25) is 0 Å². The molecule has 0 aromatic heterocycles. The fourth-order valence-corrected chi connectivity index (χ4v) is 2.60. The summed E-state index contributed by atoms with van der Waals surface area (Å²) < 4.78 is 36.6. The molecule has 116 valence electrons. The summed E-state index contributed by atoms with van der Waals surface area (Å²) in [4.78, 5) is 0.187. The molecule has 0 fully saturated rings. The number of benzene rings is 1. The maximum Gasteiger partial charge on any atom is 0.240 e. The van der Waals surface area contributed by atoms with Crippen LogP contribution in [0.25, 0.3) is 0 Å². The standard InChI is InChI=1S/C12H20N2O4S.ClH/c1-10(9-13)14-19(15,16)12-5-3-11(4-6-12)18-8-7-17-2;/h3-6,10,14H,7-9,13H2,1-2H3;1H/t10-;/m0./s1. The molecule has 0 radical (unpaired) electrons. The quantitative estimate of drug-likeness (QED) is 0.689. The van der Waals surface area contributed by atoms with Gasteiger partial charge in [0.25, 0.3) is 0 Å². The Balaban J connectivity index is 0.00000361. The van der Waals surface area contributed by atoms with Crippen LogP contribution in [0.4, 0.5) is 0 Å². The molecule has 1 aromatic rings. The number of hydrogen-bond donors (Lipinski definition) is 2. The molecule has 1 rings (SSSR count). The molecule has 0 heterocycles. The lowest BCUT2D eigenvalue weighted by atomic mass is 10.3. The summed E-state index contributed by atoms with van der Waals surface area (Å²) in [7, 11) is -1.94. The minimum absolute atomic E-state index is 0. The Hall–Kier alpha value is -0.860. The SMILES string of the molecule is COCCOc1ccc(S(=O)(=O)N[C@@H](C)CN)cc1.Cl. The molecule has 0 aliphatic heterocycles. The van der Waals surface area contributed by atoms with Crippen molar-refractivity contribution in [1.29, 1.82) is 0 Å². The predicted octanol–water partition coefficient (Wildman–Crippen LogP) is 0.759. The lowest BCUT2D eigenvalue weighted by Gasteiger charge is -2.12. The van der Waals surface area contributed by atoms with E-state index in [1.54, 1.807) is 26.2 Å². The van der Waals surface area contributed by atoms with Crippen molar-refractivity contribution < 1.29 is 17.9 Å². The van der Waals surface area contributed by atoms with E-state index in [0.29, 0.717) is 19.0 Å². The zero-order valence-electron chi connectivity index (χ0n) is 11.5. The van der Waals surface area contributed by atoms with Crippen molar-refractivity contribution >= 4 is 22.4 Å². The molecular weight excluding hydrogens is 304 g/mol. The average Bonchev–Trinajstić information content (AvgIpc) is 2.39. The highest BCUT2D eigenvalue weighted by molar-refractivity contribution is 7.89. The molecular formula is C12H21ClN2O4S. The molecule has 1 atom stereocenters. The van der Waals surface area contributed by atoms with Crippen LogP contribution in [0.15, 0.2) is 29.2 Å². The molecule has 0 aliphatic rings. The first-order valence-corrected chi connectivity index (χ1v) is 7.42. The minimum Gasteiger partial charge on any atom is -0.491 e. The zero-order chi connectivity index (χ0) is 14.3. The van der Waals surface area contributed by atoms with E-state index in [4.69, 9.17) is 15.2 Å². The van der Waals surface area contributed by atoms with E-state index in [2.05, 4.69) is 4.72 Å². The van der Waals surface area contributed by atoms with E-state index >= 15 is 0 Å². The van der Waals surface area contributed by atoms with Gasteiger partial charge in [-0.05, 0) is 31.2 Å². The number of rotatable bonds is 8. The summed E-state index contributed by atoms with van der Waals surface area (Å²) in [5.41, 5.74) is 5.39. The number of sulfonamides is 1. The van der Waals surface area contributed by atoms with E-state index < -0.39 is 10.0 Å². The Kier molecular flexibility index (Phi) is 8.75. The second kappa shape index (κ2) is 9.15. The van der Waals surface area contributed by atoms with Gasteiger partial charge in [-0.2, -0.15) is 0 Å². The summed E-state index contributed by atoms with van der Waals surface area (Å²) in [6.45, 7) is 2.86. The van der Waals surface area contributed by atoms with Crippen LogP contribution in [0.5, 0.6) is 5.75 Å². The van der Waals surface area contributed by atoms with Crippen LogP contribution in [0.3, 0.4) is 0 Å². The van der Waals surface area contributed by atoms with Crippen LogP contribution >= 0.6 is 12.4 Å². The highest BCUT2D eigenvalue weighted by atomic mass is 35.5.